The van der Waals surface area contributed by atoms with Crippen molar-refractivity contribution in [1.29, 1.82) is 0 Å². The predicted octanol–water partition coefficient (Wildman–Crippen LogP) is 0.983. The number of nitrogens with zero attached hydrogens (tertiary/aromatic N) is 6. The molecule has 0 amide bonds. The van der Waals surface area contributed by atoms with Gasteiger partial charge in [-0.1, -0.05) is 12.0 Å². The van der Waals surface area contributed by atoms with Crippen molar-refractivity contribution in [2.75, 3.05) is 12.3 Å². The van der Waals surface area contributed by atoms with Crippen molar-refractivity contribution in [2.45, 2.75) is 24.9 Å². The van der Waals surface area contributed by atoms with Crippen LogP contribution in [0.3, 0.4) is 0 Å². The first-order valence-electron chi connectivity index (χ1n) is 6.76. The average molecular weight is 431 g/mol. The Bertz CT molecular complexity index is 805. The second kappa shape index (κ2) is 5.76. The van der Waals surface area contributed by atoms with Gasteiger partial charge < -0.3 is 20.7 Å². The smallest absolute Gasteiger partial charge is 0.175 e. The molecular formula is C12H14IN7O3. The molecular weight excluding hydrogens is 417 g/mol. The molecule has 0 unspecified atom stereocenters. The van der Waals surface area contributed by atoms with E-state index >= 15 is 0 Å². The average Bonchev–Trinajstić information content (AvgIpc) is 2.99. The molecule has 0 radical (unpaired) electrons. The molecule has 3 heterocycles. The van der Waals surface area contributed by atoms with Gasteiger partial charge in [0.2, 0.25) is 0 Å². The summed E-state index contributed by atoms with van der Waals surface area (Å²) in [6.45, 7) is 1.11. The van der Waals surface area contributed by atoms with Crippen LogP contribution in [0.25, 0.3) is 16.0 Å². The molecule has 0 aliphatic carbocycles. The highest BCUT2D eigenvalue weighted by Crippen LogP contribution is 2.45. The molecule has 1 aliphatic rings. The van der Waals surface area contributed by atoms with Crippen LogP contribution in [0.4, 0.5) is 5.82 Å². The monoisotopic (exact) mass is 431 g/mol. The fourth-order valence-corrected chi connectivity index (χ4v) is 3.64. The maximum atomic E-state index is 10.5. The lowest BCUT2D eigenvalue weighted by atomic mass is 9.93. The van der Waals surface area contributed by atoms with E-state index in [2.05, 4.69) is 42.7 Å². The zero-order chi connectivity index (χ0) is 16.8. The fourth-order valence-electron chi connectivity index (χ4n) is 2.81. The van der Waals surface area contributed by atoms with Crippen LogP contribution < -0.4 is 5.73 Å². The second-order valence-corrected chi connectivity index (χ2v) is 6.50. The second-order valence-electron chi connectivity index (χ2n) is 5.33. The predicted molar refractivity (Wildman–Crippen MR) is 88.1 cm³/mol. The van der Waals surface area contributed by atoms with Crippen LogP contribution in [0.5, 0.6) is 0 Å². The van der Waals surface area contributed by atoms with E-state index in [1.165, 1.54) is 10.8 Å². The molecule has 0 bridgehead atoms. The zero-order valence-electron chi connectivity index (χ0n) is 12.0. The van der Waals surface area contributed by atoms with Crippen molar-refractivity contribution < 1.29 is 14.9 Å². The molecule has 2 aromatic heterocycles. The minimum Gasteiger partial charge on any atom is -0.393 e. The van der Waals surface area contributed by atoms with Crippen molar-refractivity contribution >= 4 is 33.9 Å². The third-order valence-electron chi connectivity index (χ3n) is 4.16. The maximum Gasteiger partial charge on any atom is 0.175 e. The molecule has 1 aliphatic heterocycles. The first-order valence-corrected chi connectivity index (χ1v) is 7.83. The van der Waals surface area contributed by atoms with Gasteiger partial charge >= 0.3 is 0 Å². The number of fused-ring (bicyclic) bond motifs is 1. The maximum absolute atomic E-state index is 10.5. The standard InChI is InChI=1S/C12H14IN7O3/c1-5-9(22)10(23-12(5,3-21)18-19-15)7-2-6(13)8-11(14)16-4-17-20(7)8/h2,4-5,9-10,21-22H,3H2,1H3,(H2,14,16,17)/t5-,9-,10-,12+/m0/s1. The van der Waals surface area contributed by atoms with E-state index in [0.717, 1.165) is 3.57 Å². The molecule has 11 heteroatoms. The van der Waals surface area contributed by atoms with Gasteiger partial charge in [-0.2, -0.15) is 5.10 Å². The Balaban J connectivity index is 2.13. The molecule has 1 fully saturated rings. The molecule has 4 N–H and O–H groups in total. The van der Waals surface area contributed by atoms with Crippen LogP contribution in [0.1, 0.15) is 18.7 Å². The molecule has 4 atom stereocenters. The summed E-state index contributed by atoms with van der Waals surface area (Å²) in [5, 5.41) is 27.9. The minimum absolute atomic E-state index is 0.305. The lowest BCUT2D eigenvalue weighted by Gasteiger charge is -2.24. The highest BCUT2D eigenvalue weighted by molar-refractivity contribution is 14.1. The summed E-state index contributed by atoms with van der Waals surface area (Å²) in [4.78, 5) is 6.68. The Morgan fingerprint density at radius 3 is 3.04 bits per heavy atom. The van der Waals surface area contributed by atoms with E-state index in [1.807, 2.05) is 0 Å². The Labute approximate surface area is 144 Å². The number of halogens is 1. The molecule has 0 saturated carbocycles. The van der Waals surface area contributed by atoms with E-state index in [9.17, 15) is 10.2 Å². The molecule has 3 rings (SSSR count). The SMILES string of the molecule is C[C@H]1[C@H](O)[C@H](c2cc(I)c3c(N)ncnn23)O[C@@]1(CO)N=[N+]=[N-]. The van der Waals surface area contributed by atoms with Gasteiger partial charge in [-0.15, -0.1) is 0 Å². The lowest BCUT2D eigenvalue weighted by Crippen LogP contribution is -2.37. The Morgan fingerprint density at radius 1 is 1.65 bits per heavy atom. The third-order valence-corrected chi connectivity index (χ3v) is 4.98. The van der Waals surface area contributed by atoms with E-state index in [4.69, 9.17) is 16.0 Å². The van der Waals surface area contributed by atoms with Gasteiger partial charge in [-0.05, 0) is 34.2 Å². The summed E-state index contributed by atoms with van der Waals surface area (Å²) >= 11 is 2.09. The molecule has 0 aromatic carbocycles. The van der Waals surface area contributed by atoms with E-state index in [-0.39, 0.29) is 0 Å². The number of aliphatic hydroxyl groups excluding tert-OH is 2. The normalized spacial score (nSPS) is 30.5. The Hall–Kier alpha value is -1.66. The summed E-state index contributed by atoms with van der Waals surface area (Å²) in [5.74, 6) is -0.296. The number of nitrogens with two attached hydrogens (primary N) is 1. The Morgan fingerprint density at radius 2 is 2.39 bits per heavy atom. The fraction of sp³-hybridized carbons (Fsp3) is 0.500. The molecule has 122 valence electrons. The lowest BCUT2D eigenvalue weighted by molar-refractivity contribution is -0.0882. The van der Waals surface area contributed by atoms with Crippen molar-refractivity contribution in [1.82, 2.24) is 14.6 Å². The van der Waals surface area contributed by atoms with Gasteiger partial charge in [0.05, 0.1) is 18.4 Å². The zero-order valence-corrected chi connectivity index (χ0v) is 14.2. The van der Waals surface area contributed by atoms with Crippen molar-refractivity contribution in [3.05, 3.63) is 32.1 Å². The van der Waals surface area contributed by atoms with Gasteiger partial charge in [0, 0.05) is 14.4 Å². The van der Waals surface area contributed by atoms with E-state index in [0.29, 0.717) is 17.0 Å². The highest BCUT2D eigenvalue weighted by Gasteiger charge is 2.53. The number of aliphatic hydroxyl groups is 2. The van der Waals surface area contributed by atoms with Crippen LogP contribution in [-0.2, 0) is 4.74 Å². The summed E-state index contributed by atoms with van der Waals surface area (Å²) in [6, 6.07) is 1.77. The van der Waals surface area contributed by atoms with Crippen molar-refractivity contribution in [3.8, 4) is 0 Å². The first kappa shape index (κ1) is 16.2. The minimum atomic E-state index is -1.52. The molecule has 1 saturated heterocycles. The number of rotatable bonds is 3. The number of azide groups is 1. The van der Waals surface area contributed by atoms with Gasteiger partial charge in [0.15, 0.2) is 11.5 Å². The summed E-state index contributed by atoms with van der Waals surface area (Å²) in [5.41, 5.74) is 14.2. The molecule has 0 spiro atoms. The van der Waals surface area contributed by atoms with Crippen molar-refractivity contribution in [3.63, 3.8) is 0 Å². The number of nitrogen functional groups attached to an aromatic ring is 1. The molecule has 2 aromatic rings. The number of hydrogen-bond donors (Lipinski definition) is 3. The van der Waals surface area contributed by atoms with Crippen LogP contribution in [0.2, 0.25) is 0 Å². The Kier molecular flexibility index (Phi) is 4.06. The van der Waals surface area contributed by atoms with Crippen LogP contribution in [0.15, 0.2) is 17.5 Å². The number of hydrogen-bond acceptors (Lipinski definition) is 7. The largest absolute Gasteiger partial charge is 0.393 e. The van der Waals surface area contributed by atoms with Crippen LogP contribution in [0, 0.1) is 9.49 Å². The highest BCUT2D eigenvalue weighted by atomic mass is 127. The first-order chi connectivity index (χ1) is 10.9. The van der Waals surface area contributed by atoms with Gasteiger partial charge in [0.1, 0.15) is 17.9 Å². The van der Waals surface area contributed by atoms with Gasteiger partial charge in [-0.3, -0.25) is 0 Å². The molecule has 10 nitrogen and oxygen atoms in total. The third kappa shape index (κ3) is 2.32. The summed E-state index contributed by atoms with van der Waals surface area (Å²) in [7, 11) is 0. The summed E-state index contributed by atoms with van der Waals surface area (Å²) in [6.07, 6.45) is -0.509. The van der Waals surface area contributed by atoms with E-state index < -0.39 is 30.5 Å². The molecule has 23 heavy (non-hydrogen) atoms. The van der Waals surface area contributed by atoms with E-state index in [1.54, 1.807) is 13.0 Å². The topological polar surface area (TPSA) is 155 Å². The van der Waals surface area contributed by atoms with Gasteiger partial charge in [0.25, 0.3) is 0 Å². The van der Waals surface area contributed by atoms with Crippen LogP contribution in [-0.4, -0.2) is 43.2 Å². The number of anilines is 1. The quantitative estimate of drug-likeness (QED) is 0.285. The number of aromatic nitrogens is 3. The van der Waals surface area contributed by atoms with Crippen LogP contribution >= 0.6 is 22.6 Å². The van der Waals surface area contributed by atoms with Crippen molar-refractivity contribution in [2.24, 2.45) is 11.0 Å². The van der Waals surface area contributed by atoms with Gasteiger partial charge in [-0.25, -0.2) is 9.50 Å². The summed E-state index contributed by atoms with van der Waals surface area (Å²) < 4.78 is 8.10. The number of ether oxygens (including phenoxy) is 1.